The normalized spacial score (nSPS) is 10.0. The van der Waals surface area contributed by atoms with Gasteiger partial charge in [0, 0.05) is 11.1 Å². The average molecular weight is 707 g/mol. The Labute approximate surface area is 283 Å². The molecule has 4 rings (SSSR count). The summed E-state index contributed by atoms with van der Waals surface area (Å²) in [5.74, 6) is 0.0679. The lowest BCUT2D eigenvalue weighted by Gasteiger charge is -2.09. The van der Waals surface area contributed by atoms with Gasteiger partial charge in [0.1, 0.15) is 11.5 Å². The van der Waals surface area contributed by atoms with E-state index >= 15 is 0 Å². The van der Waals surface area contributed by atoms with E-state index in [4.69, 9.17) is 9.47 Å². The Balaban J connectivity index is 1.15. The molecule has 17 heteroatoms. The predicted molar refractivity (Wildman–Crippen MR) is 169 cm³/mol. The van der Waals surface area contributed by atoms with Crippen LogP contribution in [-0.4, -0.2) is 45.8 Å². The molecule has 49 heavy (non-hydrogen) atoms. The number of para-hydroxylation sites is 2. The minimum atomic E-state index is -2.06. The van der Waals surface area contributed by atoms with Crippen molar-refractivity contribution in [1.82, 2.24) is 0 Å². The monoisotopic (exact) mass is 706 g/mol. The molecule has 248 valence electrons. The van der Waals surface area contributed by atoms with Gasteiger partial charge >= 0.3 is 45.8 Å². The molecule has 0 saturated heterocycles. The van der Waals surface area contributed by atoms with Gasteiger partial charge in [-0.25, -0.2) is 38.4 Å². The molecule has 0 unspecified atom stereocenters. The standard InChI is InChI=1S/C32H18O15S2/c33-25(41-23-17-9-7-15-21(23)19-11-3-1-4-12-19)44-29(37)48-31(39)46-27(35)43-28(36)47-32(40)49-30(38)45-26(34)42-24-18-10-8-16-22(24)20-13-5-2-6-14-20/h1-18H. The molecule has 0 aliphatic heterocycles. The Bertz CT molecular complexity index is 1760. The summed E-state index contributed by atoms with van der Waals surface area (Å²) in [5, 5.41) is -6.57. The van der Waals surface area contributed by atoms with Crippen LogP contribution in [0.2, 0.25) is 0 Å². The van der Waals surface area contributed by atoms with Crippen LogP contribution < -0.4 is 9.47 Å². The highest BCUT2D eigenvalue weighted by molar-refractivity contribution is 8.25. The Morgan fingerprint density at radius 2 is 0.653 bits per heavy atom. The molecule has 0 radical (unpaired) electrons. The van der Waals surface area contributed by atoms with Crippen LogP contribution in [0.1, 0.15) is 0 Å². The molecule has 0 spiro atoms. The van der Waals surface area contributed by atoms with Crippen LogP contribution in [0.3, 0.4) is 0 Å². The summed E-state index contributed by atoms with van der Waals surface area (Å²) >= 11 is -0.859. The second-order valence-electron chi connectivity index (χ2n) is 8.64. The van der Waals surface area contributed by atoms with Gasteiger partial charge in [0.25, 0.3) is 0 Å². The molecule has 0 saturated carbocycles. The molecule has 0 aliphatic carbocycles. The van der Waals surface area contributed by atoms with Gasteiger partial charge in [-0.05, 0) is 23.3 Å². The fourth-order valence-electron chi connectivity index (χ4n) is 3.65. The highest BCUT2D eigenvalue weighted by Crippen LogP contribution is 2.31. The summed E-state index contributed by atoms with van der Waals surface area (Å²) in [6, 6.07) is 30.2. The smallest absolute Gasteiger partial charge is 0.394 e. The largest absolute Gasteiger partial charge is 0.527 e. The van der Waals surface area contributed by atoms with Gasteiger partial charge in [-0.15, -0.1) is 0 Å². The average Bonchev–Trinajstić information content (AvgIpc) is 3.05. The minimum Gasteiger partial charge on any atom is -0.394 e. The summed E-state index contributed by atoms with van der Waals surface area (Å²) in [6.45, 7) is 0. The van der Waals surface area contributed by atoms with Gasteiger partial charge in [0.05, 0.1) is 23.5 Å². The summed E-state index contributed by atoms with van der Waals surface area (Å²) in [6.07, 6.45) is -7.15. The van der Waals surface area contributed by atoms with E-state index < -0.39 is 69.4 Å². The zero-order valence-electron chi connectivity index (χ0n) is 24.3. The number of carbonyl (C=O) groups excluding carboxylic acids is 8. The van der Waals surface area contributed by atoms with Gasteiger partial charge in [-0.2, -0.15) is 0 Å². The van der Waals surface area contributed by atoms with Gasteiger partial charge < -0.3 is 33.2 Å². The number of thioether (sulfide) groups is 2. The predicted octanol–water partition coefficient (Wildman–Crippen LogP) is 8.99. The van der Waals surface area contributed by atoms with Crippen LogP contribution in [-0.2, 0) is 23.7 Å². The lowest BCUT2D eigenvalue weighted by atomic mass is 10.1. The first kappa shape index (κ1) is 35.4. The third-order valence-electron chi connectivity index (χ3n) is 5.50. The third kappa shape index (κ3) is 11.4. The van der Waals surface area contributed by atoms with Crippen LogP contribution in [0.15, 0.2) is 109 Å². The maximum atomic E-state index is 12.1. The Hall–Kier alpha value is -6.46. The number of rotatable bonds is 4. The van der Waals surface area contributed by atoms with Gasteiger partial charge in [-0.1, -0.05) is 97.1 Å². The Morgan fingerprint density at radius 1 is 0.347 bits per heavy atom. The van der Waals surface area contributed by atoms with E-state index in [2.05, 4.69) is 23.7 Å². The van der Waals surface area contributed by atoms with Crippen LogP contribution in [0, 0.1) is 0 Å². The van der Waals surface area contributed by atoms with E-state index in [0.29, 0.717) is 22.3 Å². The molecule has 0 aliphatic rings. The van der Waals surface area contributed by atoms with Gasteiger partial charge in [0.2, 0.25) is 0 Å². The summed E-state index contributed by atoms with van der Waals surface area (Å²) in [4.78, 5) is 94.8. The van der Waals surface area contributed by atoms with E-state index in [0.717, 1.165) is 0 Å². The highest BCUT2D eigenvalue weighted by atomic mass is 32.2. The van der Waals surface area contributed by atoms with Crippen molar-refractivity contribution in [3.63, 3.8) is 0 Å². The molecule has 0 bridgehead atoms. The second kappa shape index (κ2) is 17.5. The van der Waals surface area contributed by atoms with E-state index in [1.165, 1.54) is 12.1 Å². The minimum absolute atomic E-state index is 0.0340. The second-order valence-corrected chi connectivity index (χ2v) is 10.4. The van der Waals surface area contributed by atoms with E-state index in [-0.39, 0.29) is 11.5 Å². The molecule has 4 aromatic carbocycles. The molecule has 0 fully saturated rings. The van der Waals surface area contributed by atoms with Crippen molar-refractivity contribution in [2.75, 3.05) is 0 Å². The molecular weight excluding hydrogens is 688 g/mol. The topological polar surface area (TPSA) is 201 Å². The molecule has 0 aromatic heterocycles. The van der Waals surface area contributed by atoms with Crippen molar-refractivity contribution in [1.29, 1.82) is 0 Å². The fraction of sp³-hybridized carbons (Fsp3) is 0. The molecule has 4 aromatic rings. The van der Waals surface area contributed by atoms with Gasteiger partial charge in [0.15, 0.2) is 0 Å². The highest BCUT2D eigenvalue weighted by Gasteiger charge is 2.27. The van der Waals surface area contributed by atoms with Gasteiger partial charge in [-0.3, -0.25) is 0 Å². The lowest BCUT2D eigenvalue weighted by Crippen LogP contribution is -2.20. The Morgan fingerprint density at radius 3 is 1.02 bits per heavy atom. The number of hydrogen-bond acceptors (Lipinski definition) is 17. The number of ether oxygens (including phenoxy) is 7. The zero-order chi connectivity index (χ0) is 35.2. The quantitative estimate of drug-likeness (QED) is 0.0840. The number of carbonyl (C=O) groups is 8. The van der Waals surface area contributed by atoms with E-state index in [1.54, 1.807) is 97.1 Å². The van der Waals surface area contributed by atoms with Crippen LogP contribution >= 0.6 is 23.5 Å². The zero-order valence-corrected chi connectivity index (χ0v) is 26.0. The molecule has 0 amide bonds. The number of benzene rings is 4. The lowest BCUT2D eigenvalue weighted by molar-refractivity contribution is 0.0717. The van der Waals surface area contributed by atoms with Crippen molar-refractivity contribution in [2.24, 2.45) is 0 Å². The SMILES string of the molecule is O=C(OC(=O)OC(=O)SC(=O)OC(=O)Oc1ccccc1-c1ccccc1)OC(=O)SC(=O)OC(=O)Oc1ccccc1-c1ccccc1. The first-order valence-corrected chi connectivity index (χ1v) is 14.9. The molecule has 0 atom stereocenters. The van der Waals surface area contributed by atoms with Crippen molar-refractivity contribution in [2.45, 2.75) is 0 Å². The van der Waals surface area contributed by atoms with Crippen molar-refractivity contribution < 1.29 is 71.5 Å². The van der Waals surface area contributed by atoms with Crippen molar-refractivity contribution in [3.8, 4) is 33.8 Å². The maximum absolute atomic E-state index is 12.1. The summed E-state index contributed by atoms with van der Waals surface area (Å²) < 4.78 is 30.7. The van der Waals surface area contributed by atoms with Crippen LogP contribution in [0.4, 0.5) is 38.4 Å². The van der Waals surface area contributed by atoms with Crippen molar-refractivity contribution >= 4 is 69.4 Å². The molecule has 15 nitrogen and oxygen atoms in total. The number of hydrogen-bond donors (Lipinski definition) is 0. The van der Waals surface area contributed by atoms with E-state index in [1.807, 2.05) is 0 Å². The fourth-order valence-corrected chi connectivity index (χ4v) is 4.36. The third-order valence-corrected chi connectivity index (χ3v) is 6.50. The van der Waals surface area contributed by atoms with Crippen molar-refractivity contribution in [3.05, 3.63) is 109 Å². The molecular formula is C32H18O15S2. The Kier molecular flexibility index (Phi) is 12.6. The van der Waals surface area contributed by atoms with Crippen LogP contribution in [0.25, 0.3) is 22.3 Å². The van der Waals surface area contributed by atoms with Crippen LogP contribution in [0.5, 0.6) is 11.5 Å². The summed E-state index contributed by atoms with van der Waals surface area (Å²) in [5.41, 5.74) is 2.36. The first-order valence-electron chi connectivity index (χ1n) is 13.3. The maximum Gasteiger partial charge on any atom is 0.527 e. The van der Waals surface area contributed by atoms with E-state index in [9.17, 15) is 38.4 Å². The first-order chi connectivity index (χ1) is 23.6. The molecule has 0 N–H and O–H groups in total. The molecule has 0 heterocycles. The summed E-state index contributed by atoms with van der Waals surface area (Å²) in [7, 11) is 0.